The van der Waals surface area contributed by atoms with Gasteiger partial charge in [-0.3, -0.25) is 9.05 Å². The Morgan fingerprint density at radius 3 is 2.26 bits per heavy atom. The number of nitrogens with zero attached hydrogens (tertiary/aromatic N) is 1. The lowest BCUT2D eigenvalue weighted by Gasteiger charge is -2.24. The molecule has 0 aliphatic rings. The van der Waals surface area contributed by atoms with Gasteiger partial charge in [0.05, 0.1) is 41.5 Å². The van der Waals surface area contributed by atoms with Gasteiger partial charge in [-0.1, -0.05) is 0 Å². The summed E-state index contributed by atoms with van der Waals surface area (Å²) in [5, 5.41) is 8.93. The first-order chi connectivity index (χ1) is 8.76. The van der Waals surface area contributed by atoms with E-state index in [-0.39, 0.29) is 19.8 Å². The molecule has 0 saturated heterocycles. The van der Waals surface area contributed by atoms with E-state index in [1.54, 1.807) is 0 Å². The van der Waals surface area contributed by atoms with Crippen LogP contribution in [0.5, 0.6) is 0 Å². The molecule has 8 nitrogen and oxygen atoms in total. The molecule has 2 atom stereocenters. The van der Waals surface area contributed by atoms with Gasteiger partial charge in [0.1, 0.15) is 19.3 Å². The van der Waals surface area contributed by atoms with Crippen LogP contribution < -0.4 is 0 Å². The second-order valence-corrected chi connectivity index (χ2v) is 6.43. The number of aliphatic hydroxyl groups excluding tert-OH is 1. The van der Waals surface area contributed by atoms with E-state index in [1.165, 1.54) is 14.2 Å². The van der Waals surface area contributed by atoms with Crippen LogP contribution in [0.4, 0.5) is 0 Å². The Morgan fingerprint density at radius 1 is 1.21 bits per heavy atom. The summed E-state index contributed by atoms with van der Waals surface area (Å²) < 4.78 is 32.3. The maximum Gasteiger partial charge on any atom is 0.502 e. The van der Waals surface area contributed by atoms with E-state index < -0.39 is 13.9 Å². The van der Waals surface area contributed by atoms with Gasteiger partial charge in [0.25, 0.3) is 0 Å². The van der Waals surface area contributed by atoms with Gasteiger partial charge in [0.15, 0.2) is 0 Å². The average molecular weight is 302 g/mol. The molecule has 0 fully saturated rings. The largest absolute Gasteiger partial charge is 0.502 e. The highest BCUT2D eigenvalue weighted by atomic mass is 31.2. The summed E-state index contributed by atoms with van der Waals surface area (Å²) in [6.45, 7) is 0.412. The second-order valence-electron chi connectivity index (χ2n) is 4.87. The van der Waals surface area contributed by atoms with Crippen LogP contribution in [0.3, 0.4) is 0 Å². The second kappa shape index (κ2) is 8.99. The molecule has 0 heterocycles. The monoisotopic (exact) mass is 302 g/mol. The Labute approximate surface area is 114 Å². The van der Waals surface area contributed by atoms with Crippen molar-refractivity contribution in [2.24, 2.45) is 0 Å². The van der Waals surface area contributed by atoms with E-state index in [9.17, 15) is 4.57 Å². The first-order valence-electron chi connectivity index (χ1n) is 5.82. The third kappa shape index (κ3) is 9.48. The lowest BCUT2D eigenvalue weighted by molar-refractivity contribution is -0.870. The molecule has 0 saturated carbocycles. The molecule has 0 amide bonds. The van der Waals surface area contributed by atoms with Crippen LogP contribution in [0.2, 0.25) is 0 Å². The molecule has 0 aliphatic heterocycles. The minimum atomic E-state index is -3.81. The smallest absolute Gasteiger partial charge is 0.394 e. The predicted molar refractivity (Wildman–Crippen MR) is 68.4 cm³/mol. The number of ether oxygens (including phenoxy) is 1. The third-order valence-electron chi connectivity index (χ3n) is 2.13. The molecule has 0 aromatic heterocycles. The van der Waals surface area contributed by atoms with Crippen molar-refractivity contribution < 1.29 is 37.5 Å². The Bertz CT molecular complexity index is 278. The standard InChI is InChI=1S/C10H25NO7P/c1-11(2,3)6-7-16-19(13,18-15-5)17-9-10(8-12)14-4/h10,12H,6-9H2,1-5H3/q+1. The van der Waals surface area contributed by atoms with Crippen molar-refractivity contribution in [3.05, 3.63) is 0 Å². The van der Waals surface area contributed by atoms with Gasteiger partial charge in [-0.25, -0.2) is 9.45 Å². The van der Waals surface area contributed by atoms with Crippen LogP contribution in [0.25, 0.3) is 0 Å². The Kier molecular flexibility index (Phi) is 8.97. The van der Waals surface area contributed by atoms with Gasteiger partial charge in [-0.15, -0.1) is 4.67 Å². The Hall–Kier alpha value is -0.0500. The summed E-state index contributed by atoms with van der Waals surface area (Å²) in [5.74, 6) is 0. The van der Waals surface area contributed by atoms with Crippen molar-refractivity contribution in [1.82, 2.24) is 0 Å². The number of quaternary nitrogens is 1. The summed E-state index contributed by atoms with van der Waals surface area (Å²) in [6.07, 6.45) is -0.601. The number of likely N-dealkylation sites (N-methyl/N-ethyl adjacent to an activating group) is 1. The van der Waals surface area contributed by atoms with E-state index in [0.29, 0.717) is 11.0 Å². The molecule has 0 spiro atoms. The van der Waals surface area contributed by atoms with Crippen LogP contribution >= 0.6 is 7.82 Å². The Morgan fingerprint density at radius 2 is 1.84 bits per heavy atom. The molecule has 0 aliphatic carbocycles. The van der Waals surface area contributed by atoms with E-state index in [0.717, 1.165) is 0 Å². The molecular weight excluding hydrogens is 277 g/mol. The number of aliphatic hydroxyl groups is 1. The van der Waals surface area contributed by atoms with Crippen LogP contribution in [0.1, 0.15) is 0 Å². The first kappa shape index (κ1) is 18.9. The van der Waals surface area contributed by atoms with Gasteiger partial charge < -0.3 is 14.3 Å². The number of hydrogen-bond acceptors (Lipinski definition) is 7. The highest BCUT2D eigenvalue weighted by Gasteiger charge is 2.30. The zero-order valence-corrected chi connectivity index (χ0v) is 13.1. The molecule has 0 rings (SSSR count). The van der Waals surface area contributed by atoms with Crippen molar-refractivity contribution in [3.63, 3.8) is 0 Å². The van der Waals surface area contributed by atoms with Crippen LogP contribution in [0.15, 0.2) is 0 Å². The number of hydrogen-bond donors (Lipinski definition) is 1. The SMILES string of the molecule is COOP(=O)(OCC[N+](C)(C)C)OCC(CO)OC. The molecule has 0 bridgehead atoms. The summed E-state index contributed by atoms with van der Waals surface area (Å²) in [7, 11) is 4.72. The number of phosphoric ester groups is 1. The maximum atomic E-state index is 12.1. The summed E-state index contributed by atoms with van der Waals surface area (Å²) in [5.41, 5.74) is 0. The van der Waals surface area contributed by atoms with Crippen LogP contribution in [-0.4, -0.2) is 77.4 Å². The number of rotatable bonds is 11. The zero-order valence-electron chi connectivity index (χ0n) is 12.2. The molecule has 9 heteroatoms. The van der Waals surface area contributed by atoms with Gasteiger partial charge in [0, 0.05) is 7.11 Å². The lowest BCUT2D eigenvalue weighted by Crippen LogP contribution is -2.37. The maximum absolute atomic E-state index is 12.1. The summed E-state index contributed by atoms with van der Waals surface area (Å²) in [6, 6.07) is 0. The molecule has 0 aromatic carbocycles. The number of phosphoric acid groups is 1. The minimum absolute atomic E-state index is 0.127. The van der Waals surface area contributed by atoms with E-state index >= 15 is 0 Å². The van der Waals surface area contributed by atoms with Gasteiger partial charge in [0.2, 0.25) is 0 Å². The van der Waals surface area contributed by atoms with Crippen molar-refractivity contribution in [3.8, 4) is 0 Å². The summed E-state index contributed by atoms with van der Waals surface area (Å²) in [4.78, 5) is 4.37. The van der Waals surface area contributed by atoms with E-state index in [1.807, 2.05) is 21.1 Å². The number of methoxy groups -OCH3 is 1. The fourth-order valence-corrected chi connectivity index (χ4v) is 1.97. The normalized spacial score (nSPS) is 17.2. The van der Waals surface area contributed by atoms with Crippen molar-refractivity contribution in [1.29, 1.82) is 0 Å². The molecule has 0 aromatic rings. The molecule has 116 valence electrons. The first-order valence-corrected chi connectivity index (χ1v) is 7.28. The molecule has 0 radical (unpaired) electrons. The van der Waals surface area contributed by atoms with Gasteiger partial charge >= 0.3 is 7.82 Å². The van der Waals surface area contributed by atoms with Gasteiger partial charge in [-0.05, 0) is 0 Å². The average Bonchev–Trinajstić information content (AvgIpc) is 2.29. The predicted octanol–water partition coefficient (Wildman–Crippen LogP) is 0.419. The van der Waals surface area contributed by atoms with Gasteiger partial charge in [-0.2, -0.15) is 0 Å². The molecular formula is C10H25NO7P+. The highest BCUT2D eigenvalue weighted by Crippen LogP contribution is 2.49. The van der Waals surface area contributed by atoms with Crippen molar-refractivity contribution >= 4 is 7.82 Å². The minimum Gasteiger partial charge on any atom is -0.394 e. The highest BCUT2D eigenvalue weighted by molar-refractivity contribution is 7.48. The topological polar surface area (TPSA) is 83.5 Å². The molecule has 2 unspecified atom stereocenters. The fraction of sp³-hybridized carbons (Fsp3) is 1.00. The van der Waals surface area contributed by atoms with Crippen LogP contribution in [-0.2, 0) is 27.9 Å². The zero-order chi connectivity index (χ0) is 14.9. The third-order valence-corrected chi connectivity index (χ3v) is 3.43. The van der Waals surface area contributed by atoms with Crippen molar-refractivity contribution in [2.75, 3.05) is 61.7 Å². The molecule has 19 heavy (non-hydrogen) atoms. The Balaban J connectivity index is 4.29. The molecule has 1 N–H and O–H groups in total. The van der Waals surface area contributed by atoms with Crippen molar-refractivity contribution in [2.45, 2.75) is 6.10 Å². The lowest BCUT2D eigenvalue weighted by atomic mass is 10.4. The van der Waals surface area contributed by atoms with Crippen LogP contribution in [0, 0.1) is 0 Å². The van der Waals surface area contributed by atoms with E-state index in [2.05, 4.69) is 9.56 Å². The quantitative estimate of drug-likeness (QED) is 0.256. The van der Waals surface area contributed by atoms with E-state index in [4.69, 9.17) is 18.9 Å². The summed E-state index contributed by atoms with van der Waals surface area (Å²) >= 11 is 0. The fourth-order valence-electron chi connectivity index (χ4n) is 0.968.